The van der Waals surface area contributed by atoms with E-state index in [0.717, 1.165) is 55.6 Å². The maximum atomic E-state index is 12.8. The summed E-state index contributed by atoms with van der Waals surface area (Å²) in [5.41, 5.74) is 1.90. The molecular weight excluding hydrogens is 479 g/mol. The molecule has 7 nitrogen and oxygen atoms in total. The molecule has 196 valence electrons. The molecule has 0 aliphatic carbocycles. The number of rotatable bonds is 12. The van der Waals surface area contributed by atoms with Crippen molar-refractivity contribution in [2.24, 2.45) is 5.92 Å². The maximum absolute atomic E-state index is 12.8. The van der Waals surface area contributed by atoms with Gasteiger partial charge >= 0.3 is 29.6 Å². The summed E-state index contributed by atoms with van der Waals surface area (Å²) < 4.78 is 16.5. The third-order valence-corrected chi connectivity index (χ3v) is 7.70. The number of carboxylic acid groups (broad SMARTS) is 1. The molecule has 0 spiro atoms. The predicted molar refractivity (Wildman–Crippen MR) is 137 cm³/mol. The number of hydrogen-bond acceptors (Lipinski definition) is 7. The van der Waals surface area contributed by atoms with E-state index < -0.39 is 11.9 Å². The van der Waals surface area contributed by atoms with E-state index in [1.54, 1.807) is 7.11 Å². The van der Waals surface area contributed by atoms with Crippen LogP contribution in [0.15, 0.2) is 42.5 Å². The minimum Gasteiger partial charge on any atom is -0.550 e. The zero-order chi connectivity index (χ0) is 25.7. The van der Waals surface area contributed by atoms with E-state index in [9.17, 15) is 9.90 Å². The van der Waals surface area contributed by atoms with Gasteiger partial charge in [0.1, 0.15) is 5.75 Å². The van der Waals surface area contributed by atoms with Gasteiger partial charge < -0.3 is 24.1 Å². The number of benzene rings is 2. The van der Waals surface area contributed by atoms with E-state index in [1.807, 2.05) is 42.5 Å². The molecule has 0 aromatic heterocycles. The second kappa shape index (κ2) is 13.9. The van der Waals surface area contributed by atoms with Crippen molar-refractivity contribution in [3.05, 3.63) is 53.6 Å². The Balaban J connectivity index is 0.00000380. The van der Waals surface area contributed by atoms with E-state index in [1.165, 1.54) is 0 Å². The fraction of sp³-hybridized carbons (Fsp3) is 0.552. The molecule has 1 unspecified atom stereocenters. The Bertz CT molecular complexity index is 1010. The molecule has 0 bridgehead atoms. The van der Waals surface area contributed by atoms with Gasteiger partial charge in [-0.05, 0) is 68.2 Å². The number of ether oxygens (including phenoxy) is 3. The largest absolute Gasteiger partial charge is 1.00 e. The van der Waals surface area contributed by atoms with Crippen molar-refractivity contribution in [1.82, 2.24) is 9.80 Å². The zero-order valence-corrected chi connectivity index (χ0v) is 24.9. The Morgan fingerprint density at radius 3 is 2.27 bits per heavy atom. The third-order valence-electron chi connectivity index (χ3n) is 7.70. The van der Waals surface area contributed by atoms with Gasteiger partial charge in [0.2, 0.25) is 6.79 Å². The molecular formula is C29H39N2NaO5. The van der Waals surface area contributed by atoms with Crippen molar-refractivity contribution in [2.45, 2.75) is 64.6 Å². The smallest absolute Gasteiger partial charge is 0.550 e. The van der Waals surface area contributed by atoms with Gasteiger partial charge in [-0.15, -0.1) is 0 Å². The van der Waals surface area contributed by atoms with E-state index in [0.29, 0.717) is 18.0 Å². The Morgan fingerprint density at radius 1 is 1.05 bits per heavy atom. The molecule has 1 fully saturated rings. The Morgan fingerprint density at radius 2 is 1.68 bits per heavy atom. The first-order valence-corrected chi connectivity index (χ1v) is 13.2. The van der Waals surface area contributed by atoms with Crippen LogP contribution in [0.1, 0.15) is 69.5 Å². The molecule has 2 aliphatic rings. The van der Waals surface area contributed by atoms with Crippen molar-refractivity contribution < 1.29 is 53.7 Å². The van der Waals surface area contributed by atoms with Crippen LogP contribution in [-0.2, 0) is 4.79 Å². The number of hydrogen-bond donors (Lipinski definition) is 0. The van der Waals surface area contributed by atoms with Crippen LogP contribution in [0, 0.1) is 5.92 Å². The number of unbranched alkanes of at least 4 members (excludes halogenated alkanes) is 2. The van der Waals surface area contributed by atoms with Crippen molar-refractivity contribution in [1.29, 1.82) is 0 Å². The summed E-state index contributed by atoms with van der Waals surface area (Å²) in [6, 6.07) is 13.3. The van der Waals surface area contributed by atoms with Gasteiger partial charge in [0, 0.05) is 30.4 Å². The van der Waals surface area contributed by atoms with Crippen LogP contribution in [0.2, 0.25) is 0 Å². The monoisotopic (exact) mass is 518 g/mol. The van der Waals surface area contributed by atoms with Crippen molar-refractivity contribution in [3.8, 4) is 17.2 Å². The first kappa shape index (κ1) is 29.8. The van der Waals surface area contributed by atoms with Crippen molar-refractivity contribution >= 4 is 5.97 Å². The van der Waals surface area contributed by atoms with E-state index in [4.69, 9.17) is 14.2 Å². The fourth-order valence-electron chi connectivity index (χ4n) is 5.63. The summed E-state index contributed by atoms with van der Waals surface area (Å²) in [5, 5.41) is 12.8. The second-order valence-electron chi connectivity index (χ2n) is 9.85. The zero-order valence-electron chi connectivity index (χ0n) is 22.9. The predicted octanol–water partition coefficient (Wildman–Crippen LogP) is 1.18. The molecule has 4 rings (SSSR count). The van der Waals surface area contributed by atoms with Gasteiger partial charge in [-0.2, -0.15) is 0 Å². The van der Waals surface area contributed by atoms with Crippen LogP contribution in [0.3, 0.4) is 0 Å². The maximum Gasteiger partial charge on any atom is 1.00 e. The normalized spacial score (nSPS) is 21.6. The van der Waals surface area contributed by atoms with Crippen LogP contribution in [0.25, 0.3) is 0 Å². The number of methoxy groups -OCH3 is 1. The Kier molecular flexibility index (Phi) is 11.2. The van der Waals surface area contributed by atoms with E-state index in [2.05, 4.69) is 30.6 Å². The van der Waals surface area contributed by atoms with Crippen LogP contribution < -0.4 is 48.9 Å². The molecule has 2 heterocycles. The average molecular weight is 519 g/mol. The number of carbonyl (C=O) groups is 1. The standard InChI is InChI=1S/C29H40N2O5.Na/c1-5-7-15-30(16-8-6-2)20(3)31-18-24(22-11-14-25-26(17-22)36-19-35-25)27(29(32)33)28(31)21-9-12-23(34-4)13-10-21;/h9-14,17,20,24,27-28H,5-8,15-16,18-19H2,1-4H3,(H,32,33);/q;+1/p-1/t20?,24-,27+,28-;/m1./s1. The van der Waals surface area contributed by atoms with Crippen LogP contribution in [0.5, 0.6) is 17.2 Å². The fourth-order valence-corrected chi connectivity index (χ4v) is 5.63. The SMILES string of the molecule is CCCCN(CCCC)C(C)N1C[C@H](c2ccc3c(c2)OCO3)[C@H](C(=O)[O-])[C@H]1c1ccc(OC)cc1.[Na+]. The molecule has 0 amide bonds. The first-order valence-electron chi connectivity index (χ1n) is 13.2. The van der Waals surface area contributed by atoms with Gasteiger partial charge in [0.15, 0.2) is 11.5 Å². The number of carbonyl (C=O) groups excluding carboxylic acids is 1. The van der Waals surface area contributed by atoms with Crippen LogP contribution in [0.4, 0.5) is 0 Å². The molecule has 4 atom stereocenters. The quantitative estimate of drug-likeness (QED) is 0.391. The van der Waals surface area contributed by atoms with Crippen LogP contribution >= 0.6 is 0 Å². The van der Waals surface area contributed by atoms with E-state index in [-0.39, 0.29) is 54.5 Å². The molecule has 37 heavy (non-hydrogen) atoms. The van der Waals surface area contributed by atoms with E-state index >= 15 is 0 Å². The van der Waals surface area contributed by atoms with Gasteiger partial charge in [0.25, 0.3) is 0 Å². The molecule has 2 aliphatic heterocycles. The summed E-state index contributed by atoms with van der Waals surface area (Å²) in [5.74, 6) is 0.148. The number of likely N-dealkylation sites (tertiary alicyclic amines) is 1. The number of carboxylic acids is 1. The molecule has 2 aromatic rings. The molecule has 0 saturated carbocycles. The second-order valence-corrected chi connectivity index (χ2v) is 9.85. The number of aliphatic carboxylic acids is 1. The number of nitrogens with zero attached hydrogens (tertiary/aromatic N) is 2. The summed E-state index contributed by atoms with van der Waals surface area (Å²) in [6.07, 6.45) is 4.56. The summed E-state index contributed by atoms with van der Waals surface area (Å²) >= 11 is 0. The van der Waals surface area contributed by atoms with Crippen molar-refractivity contribution in [2.75, 3.05) is 33.5 Å². The molecule has 1 saturated heterocycles. The Labute approximate surface area is 243 Å². The van der Waals surface area contributed by atoms with Gasteiger partial charge in [-0.25, -0.2) is 0 Å². The molecule has 0 N–H and O–H groups in total. The summed E-state index contributed by atoms with van der Waals surface area (Å²) in [6.45, 7) is 9.43. The summed E-state index contributed by atoms with van der Waals surface area (Å²) in [7, 11) is 1.64. The third kappa shape index (κ3) is 6.63. The summed E-state index contributed by atoms with van der Waals surface area (Å²) in [4.78, 5) is 17.7. The topological polar surface area (TPSA) is 74.3 Å². The molecule has 0 radical (unpaired) electrons. The average Bonchev–Trinajstić information content (AvgIpc) is 3.53. The van der Waals surface area contributed by atoms with Crippen LogP contribution in [-0.4, -0.2) is 55.5 Å². The minimum absolute atomic E-state index is 0. The van der Waals surface area contributed by atoms with Gasteiger partial charge in [-0.1, -0.05) is 44.9 Å². The van der Waals surface area contributed by atoms with Gasteiger partial charge in [0.05, 0.1) is 13.3 Å². The Hall–Kier alpha value is -1.77. The van der Waals surface area contributed by atoms with Crippen molar-refractivity contribution in [3.63, 3.8) is 0 Å². The van der Waals surface area contributed by atoms with Gasteiger partial charge in [-0.3, -0.25) is 9.80 Å². The molecule has 2 aromatic carbocycles. The number of fused-ring (bicyclic) bond motifs is 1. The first-order chi connectivity index (χ1) is 17.5. The molecule has 8 heteroatoms. The minimum atomic E-state index is -1.03.